The first-order valence-corrected chi connectivity index (χ1v) is 14.1. The van der Waals surface area contributed by atoms with Crippen molar-refractivity contribution in [1.82, 2.24) is 20.2 Å². The highest BCUT2D eigenvalue weighted by atomic mass is 35.5. The average Bonchev–Trinajstić information content (AvgIpc) is 3.44. The maximum Gasteiger partial charge on any atom is 0.216 e. The molecule has 5 heterocycles. The Morgan fingerprint density at radius 2 is 1.95 bits per heavy atom. The number of pyridine rings is 2. The van der Waals surface area contributed by atoms with Crippen LogP contribution in [0.1, 0.15) is 19.3 Å². The van der Waals surface area contributed by atoms with Gasteiger partial charge in [-0.05, 0) is 49.9 Å². The number of hydrogen-bond donors (Lipinski definition) is 2. The summed E-state index contributed by atoms with van der Waals surface area (Å²) >= 11 is 6.53. The van der Waals surface area contributed by atoms with Gasteiger partial charge < -0.3 is 20.1 Å². The molecule has 2 unspecified atom stereocenters. The maximum atomic E-state index is 16.5. The van der Waals surface area contributed by atoms with Gasteiger partial charge in [0.15, 0.2) is 5.82 Å². The molecule has 0 amide bonds. The van der Waals surface area contributed by atoms with E-state index in [1.165, 1.54) is 6.07 Å². The molecule has 0 radical (unpaired) electrons. The van der Waals surface area contributed by atoms with Crippen LogP contribution < -0.4 is 15.0 Å². The quantitative estimate of drug-likeness (QED) is 0.340. The highest BCUT2D eigenvalue weighted by Crippen LogP contribution is 2.40. The highest BCUT2D eigenvalue weighted by Gasteiger charge is 2.34. The second kappa shape index (κ2) is 9.98. The van der Waals surface area contributed by atoms with E-state index in [2.05, 4.69) is 20.2 Å². The van der Waals surface area contributed by atoms with Gasteiger partial charge in [0.05, 0.1) is 5.69 Å². The Kier molecular flexibility index (Phi) is 6.40. The number of likely N-dealkylation sites (tertiary alicyclic amines) is 1. The molecule has 2 aromatic heterocycles. The van der Waals surface area contributed by atoms with Gasteiger partial charge in [-0.1, -0.05) is 23.7 Å². The zero-order valence-electron chi connectivity index (χ0n) is 22.1. The van der Waals surface area contributed by atoms with Crippen LogP contribution >= 0.6 is 11.6 Å². The summed E-state index contributed by atoms with van der Waals surface area (Å²) in [5.41, 5.74) is 1.39. The molecule has 4 atom stereocenters. The van der Waals surface area contributed by atoms with Crippen LogP contribution in [-0.2, 0) is 0 Å². The zero-order valence-corrected chi connectivity index (χ0v) is 22.8. The lowest BCUT2D eigenvalue weighted by molar-refractivity contribution is 0.193. The van der Waals surface area contributed by atoms with Gasteiger partial charge in [0.2, 0.25) is 5.88 Å². The van der Waals surface area contributed by atoms with E-state index in [4.69, 9.17) is 16.3 Å². The maximum absolute atomic E-state index is 16.5. The number of aromatic nitrogens is 2. The number of phenolic OH excluding ortho intramolecular Hbond substituents is 1. The van der Waals surface area contributed by atoms with E-state index < -0.39 is 12.0 Å². The molecule has 0 spiro atoms. The Labute approximate surface area is 235 Å². The lowest BCUT2D eigenvalue weighted by Crippen LogP contribution is -2.51. The molecule has 2 N–H and O–H groups in total. The van der Waals surface area contributed by atoms with Crippen LogP contribution in [0.5, 0.6) is 11.6 Å². The van der Waals surface area contributed by atoms with Crippen molar-refractivity contribution in [2.75, 3.05) is 38.2 Å². The standard InChI is InChI=1S/C30H30ClF2N5O2/c1-37-12-17(32)8-20(37)15-40-26-10-25(38-13-18-5-6-19(14-38)35-18)23-11-34-29(28(33)30(23)36-26)22-9-21(39)7-16-3-2-4-24(31)27(16)22/h2-4,7,9-11,17-20,35,39H,5-6,8,12-15H2,1H3/t17-,18?,19?,20+/m1/s1. The first-order chi connectivity index (χ1) is 19.3. The minimum Gasteiger partial charge on any atom is -0.508 e. The number of hydrogen-bond acceptors (Lipinski definition) is 7. The number of fused-ring (bicyclic) bond motifs is 4. The fourth-order valence-electron chi connectivity index (χ4n) is 6.57. The van der Waals surface area contributed by atoms with Crippen LogP contribution in [0, 0.1) is 5.82 Å². The number of nitrogens with zero attached hydrogens (tertiary/aromatic N) is 4. The molecular formula is C30H30ClF2N5O2. The Morgan fingerprint density at radius 1 is 1.15 bits per heavy atom. The molecule has 2 bridgehead atoms. The summed E-state index contributed by atoms with van der Waals surface area (Å²) in [5.74, 6) is -0.338. The summed E-state index contributed by atoms with van der Waals surface area (Å²) in [6, 6.07) is 10.9. The Balaban J connectivity index is 1.36. The van der Waals surface area contributed by atoms with Crippen LogP contribution in [0.3, 0.4) is 0 Å². The van der Waals surface area contributed by atoms with Crippen molar-refractivity contribution in [2.24, 2.45) is 0 Å². The van der Waals surface area contributed by atoms with Gasteiger partial charge in [0, 0.05) is 71.4 Å². The minimum absolute atomic E-state index is 0.0139. The molecule has 3 aliphatic heterocycles. The van der Waals surface area contributed by atoms with Gasteiger partial charge in [0.25, 0.3) is 0 Å². The van der Waals surface area contributed by atoms with Crippen LogP contribution in [0.25, 0.3) is 32.9 Å². The Bertz CT molecular complexity index is 1610. The fraction of sp³-hybridized carbons (Fsp3) is 0.400. The first-order valence-electron chi connectivity index (χ1n) is 13.7. The number of piperazine rings is 1. The lowest BCUT2D eigenvalue weighted by Gasteiger charge is -2.35. The van der Waals surface area contributed by atoms with Crippen molar-refractivity contribution < 1.29 is 18.6 Å². The number of likely N-dealkylation sites (N-methyl/N-ethyl adjacent to an activating group) is 1. The van der Waals surface area contributed by atoms with Crippen LogP contribution in [0.2, 0.25) is 5.02 Å². The van der Waals surface area contributed by atoms with Crippen molar-refractivity contribution in [2.45, 2.75) is 43.6 Å². The van der Waals surface area contributed by atoms with Gasteiger partial charge in [-0.15, -0.1) is 0 Å². The third-order valence-corrected chi connectivity index (χ3v) is 8.85. The number of nitrogens with one attached hydrogen (secondary N) is 1. The van der Waals surface area contributed by atoms with E-state index in [9.17, 15) is 9.50 Å². The van der Waals surface area contributed by atoms with E-state index in [1.807, 2.05) is 24.1 Å². The summed E-state index contributed by atoms with van der Waals surface area (Å²) in [7, 11) is 1.88. The predicted molar refractivity (Wildman–Crippen MR) is 153 cm³/mol. The van der Waals surface area contributed by atoms with E-state index >= 15 is 4.39 Å². The van der Waals surface area contributed by atoms with Crippen LogP contribution in [0.15, 0.2) is 42.6 Å². The van der Waals surface area contributed by atoms with Gasteiger partial charge in [-0.3, -0.25) is 9.88 Å². The Morgan fingerprint density at radius 3 is 2.70 bits per heavy atom. The molecule has 0 aliphatic carbocycles. The van der Waals surface area contributed by atoms with E-state index in [1.54, 1.807) is 24.4 Å². The Hall–Kier alpha value is -3.27. The smallest absolute Gasteiger partial charge is 0.216 e. The summed E-state index contributed by atoms with van der Waals surface area (Å²) in [6.45, 7) is 2.21. The van der Waals surface area contributed by atoms with Crippen molar-refractivity contribution >= 4 is 39.0 Å². The zero-order chi connectivity index (χ0) is 27.5. The largest absolute Gasteiger partial charge is 0.508 e. The third-order valence-electron chi connectivity index (χ3n) is 8.54. The molecule has 3 saturated heterocycles. The molecule has 40 heavy (non-hydrogen) atoms. The highest BCUT2D eigenvalue weighted by molar-refractivity contribution is 6.36. The van der Waals surface area contributed by atoms with Gasteiger partial charge in [-0.25, -0.2) is 13.8 Å². The number of halogens is 3. The number of alkyl halides is 1. The predicted octanol–water partition coefficient (Wildman–Crippen LogP) is 5.31. The molecule has 7 nitrogen and oxygen atoms in total. The molecule has 0 saturated carbocycles. The molecule has 3 fully saturated rings. The fourth-order valence-corrected chi connectivity index (χ4v) is 6.85. The SMILES string of the molecule is CN1C[C@H](F)C[C@H]1COc1cc(N2CC3CCC(C2)N3)c2cnc(-c3cc(O)cc4cccc(Cl)c34)c(F)c2n1. The van der Waals surface area contributed by atoms with Crippen LogP contribution in [0.4, 0.5) is 14.5 Å². The number of anilines is 1. The van der Waals surface area contributed by atoms with Crippen molar-refractivity contribution in [3.8, 4) is 22.9 Å². The minimum atomic E-state index is -0.884. The summed E-state index contributed by atoms with van der Waals surface area (Å²) in [4.78, 5) is 13.4. The van der Waals surface area contributed by atoms with Crippen molar-refractivity contribution in [3.63, 3.8) is 0 Å². The average molecular weight is 566 g/mol. The third kappa shape index (κ3) is 4.50. The van der Waals surface area contributed by atoms with Crippen LogP contribution in [-0.4, -0.2) is 77.6 Å². The molecule has 7 rings (SSSR count). The number of benzene rings is 2. The topological polar surface area (TPSA) is 73.8 Å². The number of aromatic hydroxyl groups is 1. The molecular weight excluding hydrogens is 536 g/mol. The van der Waals surface area contributed by atoms with Crippen molar-refractivity contribution in [3.05, 3.63) is 53.4 Å². The lowest BCUT2D eigenvalue weighted by atomic mass is 10.00. The molecule has 10 heteroatoms. The normalized spacial score (nSPS) is 24.9. The summed E-state index contributed by atoms with van der Waals surface area (Å²) in [5, 5.41) is 16.4. The van der Waals surface area contributed by atoms with Crippen molar-refractivity contribution in [1.29, 1.82) is 0 Å². The van der Waals surface area contributed by atoms with E-state index in [-0.39, 0.29) is 29.6 Å². The monoisotopic (exact) mass is 565 g/mol. The number of ether oxygens (including phenoxy) is 1. The summed E-state index contributed by atoms with van der Waals surface area (Å²) in [6.07, 6.45) is 3.37. The number of rotatable bonds is 5. The van der Waals surface area contributed by atoms with E-state index in [0.29, 0.717) is 57.7 Å². The first kappa shape index (κ1) is 25.7. The van der Waals surface area contributed by atoms with Gasteiger partial charge in [-0.2, -0.15) is 0 Å². The van der Waals surface area contributed by atoms with E-state index in [0.717, 1.165) is 31.6 Å². The van der Waals surface area contributed by atoms with Gasteiger partial charge in [0.1, 0.15) is 29.7 Å². The number of phenols is 1. The second-order valence-corrected chi connectivity index (χ2v) is 11.7. The second-order valence-electron chi connectivity index (χ2n) is 11.3. The summed E-state index contributed by atoms with van der Waals surface area (Å²) < 4.78 is 36.6. The van der Waals surface area contributed by atoms with Gasteiger partial charge >= 0.3 is 0 Å². The molecule has 208 valence electrons. The molecule has 2 aromatic carbocycles. The molecule has 4 aromatic rings. The molecule has 3 aliphatic rings.